The zero-order valence-electron chi connectivity index (χ0n) is 9.48. The lowest BCUT2D eigenvalue weighted by molar-refractivity contribution is -0.540. The number of nitro groups is 1. The molecule has 18 heavy (non-hydrogen) atoms. The number of aromatic nitrogens is 1. The van der Waals surface area contributed by atoms with Crippen LogP contribution in [-0.4, -0.2) is 9.71 Å². The zero-order chi connectivity index (χ0) is 12.5. The van der Waals surface area contributed by atoms with Gasteiger partial charge < -0.3 is 0 Å². The molecule has 0 amide bonds. The molecule has 0 bridgehead atoms. The summed E-state index contributed by atoms with van der Waals surface area (Å²) in [7, 11) is 0. The van der Waals surface area contributed by atoms with Crippen LogP contribution in [0.2, 0.25) is 0 Å². The van der Waals surface area contributed by atoms with Gasteiger partial charge in [0.05, 0.1) is 0 Å². The molecule has 0 N–H and O–H groups in total. The van der Waals surface area contributed by atoms with Crippen LogP contribution in [0.3, 0.4) is 0 Å². The first-order chi connectivity index (χ1) is 8.79. The molecule has 2 aromatic rings. The molecule has 1 aromatic heterocycles. The zero-order valence-corrected chi connectivity index (χ0v) is 9.48. The van der Waals surface area contributed by atoms with Crippen molar-refractivity contribution >= 4 is 23.1 Å². The van der Waals surface area contributed by atoms with Gasteiger partial charge in [-0.15, -0.1) is 0 Å². The second kappa shape index (κ2) is 4.00. The monoisotopic (exact) mass is 238 g/mol. The first-order valence-electron chi connectivity index (χ1n) is 5.58. The van der Waals surface area contributed by atoms with Gasteiger partial charge in [-0.3, -0.25) is 0 Å². The Bertz CT molecular complexity index is 810. The molecule has 0 aliphatic heterocycles. The molecule has 0 saturated heterocycles. The molecule has 1 aliphatic rings. The minimum absolute atomic E-state index is 0.384. The van der Waals surface area contributed by atoms with Crippen molar-refractivity contribution in [3.63, 3.8) is 0 Å². The highest BCUT2D eigenvalue weighted by Crippen LogP contribution is 2.08. The Morgan fingerprint density at radius 3 is 2.50 bits per heavy atom. The Kier molecular flexibility index (Phi) is 2.34. The Morgan fingerprint density at radius 1 is 1.00 bits per heavy atom. The van der Waals surface area contributed by atoms with Crippen molar-refractivity contribution in [3.8, 4) is 0 Å². The number of benzene rings is 1. The summed E-state index contributed by atoms with van der Waals surface area (Å²) in [6, 6.07) is 7.36. The third kappa shape index (κ3) is 1.47. The van der Waals surface area contributed by atoms with Crippen molar-refractivity contribution < 1.29 is 5.03 Å². The standard InChI is InChI=1S/C14H10N2O2/c17-16(18)15-13-9-4-2-1-3-7-11(13)12-8-5-6-10-14(12)15/h1-10H/b2-1?,3-1-,4-2-,7-3?,9-4?,11-7-,13-9+. The van der Waals surface area contributed by atoms with E-state index in [4.69, 9.17) is 0 Å². The quantitative estimate of drug-likeness (QED) is 0.556. The van der Waals surface area contributed by atoms with Gasteiger partial charge in [-0.1, -0.05) is 53.3 Å². The molecular weight excluding hydrogens is 228 g/mol. The predicted octanol–water partition coefficient (Wildman–Crippen LogP) is 1.37. The largest absolute Gasteiger partial charge is 0.234 e. The van der Waals surface area contributed by atoms with Gasteiger partial charge in [0.2, 0.25) is 0 Å². The third-order valence-corrected chi connectivity index (χ3v) is 2.94. The molecule has 0 atom stereocenters. The van der Waals surface area contributed by atoms with Gasteiger partial charge in [0.1, 0.15) is 10.9 Å². The first-order valence-corrected chi connectivity index (χ1v) is 5.58. The highest BCUT2D eigenvalue weighted by Gasteiger charge is 2.13. The van der Waals surface area contributed by atoms with Gasteiger partial charge in [-0.25, -0.2) is 10.1 Å². The van der Waals surface area contributed by atoms with E-state index >= 15 is 0 Å². The van der Waals surface area contributed by atoms with E-state index in [1.165, 1.54) is 0 Å². The van der Waals surface area contributed by atoms with Crippen LogP contribution in [0.5, 0.6) is 0 Å². The van der Waals surface area contributed by atoms with Crippen LogP contribution < -0.4 is 10.6 Å². The van der Waals surface area contributed by atoms with Crippen molar-refractivity contribution in [3.05, 3.63) is 69.3 Å². The Hall–Kier alpha value is -2.62. The highest BCUT2D eigenvalue weighted by molar-refractivity contribution is 5.82. The van der Waals surface area contributed by atoms with Gasteiger partial charge in [0.15, 0.2) is 5.03 Å². The van der Waals surface area contributed by atoms with E-state index in [9.17, 15) is 10.1 Å². The molecular formula is C14H10N2O2. The molecule has 88 valence electrons. The second-order valence-corrected chi connectivity index (χ2v) is 3.97. The van der Waals surface area contributed by atoms with E-state index in [1.807, 2.05) is 36.4 Å². The molecule has 0 radical (unpaired) electrons. The molecule has 0 fully saturated rings. The lowest BCUT2D eigenvalue weighted by Crippen LogP contribution is -2.32. The lowest BCUT2D eigenvalue weighted by atomic mass is 10.2. The van der Waals surface area contributed by atoms with Gasteiger partial charge in [0, 0.05) is 10.6 Å². The molecule has 0 spiro atoms. The van der Waals surface area contributed by atoms with Crippen LogP contribution >= 0.6 is 0 Å². The van der Waals surface area contributed by atoms with Crippen molar-refractivity contribution in [1.82, 2.24) is 4.68 Å². The van der Waals surface area contributed by atoms with Gasteiger partial charge in [-0.2, -0.15) is 0 Å². The van der Waals surface area contributed by atoms with Crippen molar-refractivity contribution in [1.29, 1.82) is 0 Å². The van der Waals surface area contributed by atoms with E-state index in [0.717, 1.165) is 15.3 Å². The van der Waals surface area contributed by atoms with E-state index in [0.29, 0.717) is 10.9 Å². The maximum Gasteiger partial charge on any atom is 0.170 e. The fourth-order valence-electron chi connectivity index (χ4n) is 2.21. The summed E-state index contributed by atoms with van der Waals surface area (Å²) in [5.74, 6) is 0. The summed E-state index contributed by atoms with van der Waals surface area (Å²) >= 11 is 0. The number of hydrogen-bond acceptors (Lipinski definition) is 2. The predicted molar refractivity (Wildman–Crippen MR) is 70.8 cm³/mol. The summed E-state index contributed by atoms with van der Waals surface area (Å²) in [5.41, 5.74) is 0.615. The van der Waals surface area contributed by atoms with Crippen molar-refractivity contribution in [2.24, 2.45) is 0 Å². The lowest BCUT2D eigenvalue weighted by Gasteiger charge is -1.93. The SMILES string of the molecule is O=[N+]([O-])n1c2/c(c3ccccc31)=C\C=C/C=C\C=2. The molecule has 0 unspecified atom stereocenters. The van der Waals surface area contributed by atoms with Gasteiger partial charge in [0.25, 0.3) is 0 Å². The normalized spacial score (nSPS) is 20.7. The number of rotatable bonds is 1. The smallest absolute Gasteiger partial charge is 0.170 e. The van der Waals surface area contributed by atoms with Crippen LogP contribution in [0.15, 0.2) is 48.6 Å². The van der Waals surface area contributed by atoms with E-state index < -0.39 is 0 Å². The maximum atomic E-state index is 11.2. The summed E-state index contributed by atoms with van der Waals surface area (Å²) < 4.78 is 1.13. The van der Waals surface area contributed by atoms with Crippen LogP contribution in [0.4, 0.5) is 0 Å². The third-order valence-electron chi connectivity index (χ3n) is 2.94. The molecule has 4 nitrogen and oxygen atoms in total. The highest BCUT2D eigenvalue weighted by atomic mass is 16.7. The van der Waals surface area contributed by atoms with Gasteiger partial charge in [-0.05, 0) is 12.1 Å². The minimum atomic E-state index is -0.384. The van der Waals surface area contributed by atoms with E-state index in [1.54, 1.807) is 24.3 Å². The molecule has 0 saturated carbocycles. The van der Waals surface area contributed by atoms with E-state index in [2.05, 4.69) is 0 Å². The Labute approximate surface area is 103 Å². The molecule has 1 aromatic carbocycles. The minimum Gasteiger partial charge on any atom is -0.234 e. The maximum absolute atomic E-state index is 11.2. The summed E-state index contributed by atoms with van der Waals surface area (Å²) in [6.07, 6.45) is 11.1. The van der Waals surface area contributed by atoms with Crippen molar-refractivity contribution in [2.75, 3.05) is 0 Å². The summed E-state index contributed by atoms with van der Waals surface area (Å²) in [5, 5.41) is 13.2. The molecule has 3 rings (SSSR count). The van der Waals surface area contributed by atoms with Crippen LogP contribution in [0.1, 0.15) is 0 Å². The number of fused-ring (bicyclic) bond motifs is 3. The molecule has 4 heteroatoms. The summed E-state index contributed by atoms with van der Waals surface area (Å²) in [6.45, 7) is 0. The first kappa shape index (κ1) is 10.5. The topological polar surface area (TPSA) is 48.1 Å². The Balaban J connectivity index is 2.63. The number of nitrogens with zero attached hydrogens (tertiary/aromatic N) is 2. The van der Waals surface area contributed by atoms with Crippen LogP contribution in [0, 0.1) is 10.1 Å². The summed E-state index contributed by atoms with van der Waals surface area (Å²) in [4.78, 5) is 11.2. The molecule has 1 aliphatic carbocycles. The fourth-order valence-corrected chi connectivity index (χ4v) is 2.21. The van der Waals surface area contributed by atoms with Gasteiger partial charge >= 0.3 is 0 Å². The average molecular weight is 238 g/mol. The number of para-hydroxylation sites is 1. The molecule has 1 heterocycles. The second-order valence-electron chi connectivity index (χ2n) is 3.97. The average Bonchev–Trinajstić information content (AvgIpc) is 2.62. The van der Waals surface area contributed by atoms with Crippen LogP contribution in [-0.2, 0) is 0 Å². The number of allylic oxidation sites excluding steroid dienone is 4. The number of hydrogen-bond donors (Lipinski definition) is 0. The fraction of sp³-hybridized carbons (Fsp3) is 0. The van der Waals surface area contributed by atoms with Crippen LogP contribution in [0.25, 0.3) is 23.1 Å². The van der Waals surface area contributed by atoms with E-state index in [-0.39, 0.29) is 5.03 Å². The Morgan fingerprint density at radius 2 is 1.72 bits per heavy atom. The van der Waals surface area contributed by atoms with Crippen molar-refractivity contribution in [2.45, 2.75) is 0 Å².